The van der Waals surface area contributed by atoms with Gasteiger partial charge in [-0.05, 0) is 44.5 Å². The lowest BCUT2D eigenvalue weighted by Gasteiger charge is -2.43. The van der Waals surface area contributed by atoms with Crippen LogP contribution in [-0.4, -0.2) is 69.0 Å². The molecule has 1 fully saturated rings. The first-order valence-electron chi connectivity index (χ1n) is 8.88. The van der Waals surface area contributed by atoms with E-state index in [2.05, 4.69) is 24.1 Å². The van der Waals surface area contributed by atoms with Gasteiger partial charge in [-0.25, -0.2) is 8.42 Å². The molecule has 1 saturated heterocycles. The van der Waals surface area contributed by atoms with Crippen LogP contribution < -0.4 is 5.32 Å². The van der Waals surface area contributed by atoms with Gasteiger partial charge in [-0.15, -0.1) is 0 Å². The second-order valence-electron chi connectivity index (χ2n) is 6.81. The van der Waals surface area contributed by atoms with Crippen molar-refractivity contribution in [2.24, 2.45) is 0 Å². The number of benzene rings is 1. The highest BCUT2D eigenvalue weighted by atomic mass is 32.2. The molecule has 1 aromatic carbocycles. The number of anilines is 1. The van der Waals surface area contributed by atoms with Crippen LogP contribution in [0, 0.1) is 0 Å². The van der Waals surface area contributed by atoms with E-state index >= 15 is 0 Å². The molecule has 8 heteroatoms. The van der Waals surface area contributed by atoms with Gasteiger partial charge in [0, 0.05) is 58.0 Å². The van der Waals surface area contributed by atoms with Crippen molar-refractivity contribution in [3.8, 4) is 0 Å². The summed E-state index contributed by atoms with van der Waals surface area (Å²) >= 11 is 0. The number of amides is 1. The van der Waals surface area contributed by atoms with Gasteiger partial charge in [0.15, 0.2) is 0 Å². The van der Waals surface area contributed by atoms with Crippen molar-refractivity contribution >= 4 is 21.6 Å². The Hall–Kier alpha value is -1.48. The first-order chi connectivity index (χ1) is 12.3. The van der Waals surface area contributed by atoms with Crippen LogP contribution in [0.2, 0.25) is 0 Å². The molecule has 0 radical (unpaired) electrons. The summed E-state index contributed by atoms with van der Waals surface area (Å²) < 4.78 is 32.6. The molecule has 2 rings (SSSR count). The Labute approximate surface area is 156 Å². The highest BCUT2D eigenvalue weighted by molar-refractivity contribution is 7.89. The van der Waals surface area contributed by atoms with Gasteiger partial charge in [0.1, 0.15) is 0 Å². The molecule has 1 aliphatic rings. The van der Waals surface area contributed by atoms with Gasteiger partial charge in [0.2, 0.25) is 15.9 Å². The van der Waals surface area contributed by atoms with E-state index in [1.54, 1.807) is 35.7 Å². The zero-order chi connectivity index (χ0) is 19.3. The lowest BCUT2D eigenvalue weighted by Crippen LogP contribution is -2.58. The van der Waals surface area contributed by atoms with Crippen molar-refractivity contribution in [2.45, 2.75) is 44.2 Å². The molecule has 1 heterocycles. The summed E-state index contributed by atoms with van der Waals surface area (Å²) in [6.45, 7) is 8.07. The monoisotopic (exact) mass is 383 g/mol. The molecule has 0 aromatic heterocycles. The number of hydrogen-bond acceptors (Lipinski definition) is 5. The van der Waals surface area contributed by atoms with E-state index in [1.807, 2.05) is 0 Å². The van der Waals surface area contributed by atoms with Gasteiger partial charge in [-0.1, -0.05) is 0 Å². The van der Waals surface area contributed by atoms with Gasteiger partial charge >= 0.3 is 0 Å². The van der Waals surface area contributed by atoms with Crippen molar-refractivity contribution in [2.75, 3.05) is 38.7 Å². The van der Waals surface area contributed by atoms with Crippen LogP contribution in [0.3, 0.4) is 0 Å². The van der Waals surface area contributed by atoms with E-state index in [0.29, 0.717) is 25.4 Å². The van der Waals surface area contributed by atoms with Crippen LogP contribution in [0.5, 0.6) is 0 Å². The number of methoxy groups -OCH3 is 1. The Kier molecular flexibility index (Phi) is 7.16. The number of carbonyl (C=O) groups excluding carboxylic acids is 1. The first kappa shape index (κ1) is 20.8. The Morgan fingerprint density at radius 2 is 1.77 bits per heavy atom. The normalized spacial score (nSPS) is 22.3. The second kappa shape index (κ2) is 8.94. The van der Waals surface area contributed by atoms with E-state index in [0.717, 1.165) is 13.0 Å². The molecule has 26 heavy (non-hydrogen) atoms. The average Bonchev–Trinajstić information content (AvgIpc) is 2.57. The zero-order valence-corrected chi connectivity index (χ0v) is 16.8. The largest absolute Gasteiger partial charge is 0.385 e. The molecule has 1 N–H and O–H groups in total. The predicted octanol–water partition coefficient (Wildman–Crippen LogP) is 1.76. The van der Waals surface area contributed by atoms with Gasteiger partial charge in [-0.3, -0.25) is 9.69 Å². The van der Waals surface area contributed by atoms with Crippen molar-refractivity contribution in [3.05, 3.63) is 24.3 Å². The summed E-state index contributed by atoms with van der Waals surface area (Å²) in [5, 5.41) is 2.64. The number of sulfonamides is 1. The van der Waals surface area contributed by atoms with Crippen LogP contribution in [0.4, 0.5) is 5.69 Å². The van der Waals surface area contributed by atoms with Gasteiger partial charge in [0.05, 0.1) is 4.90 Å². The fourth-order valence-electron chi connectivity index (χ4n) is 3.40. The van der Waals surface area contributed by atoms with Crippen LogP contribution in [0.1, 0.15) is 27.2 Å². The Morgan fingerprint density at radius 1 is 1.19 bits per heavy atom. The number of nitrogens with zero attached hydrogens (tertiary/aromatic N) is 2. The summed E-state index contributed by atoms with van der Waals surface area (Å²) in [5.74, 6) is -0.187. The Balaban J connectivity index is 2.09. The molecule has 2 atom stereocenters. The topological polar surface area (TPSA) is 79.0 Å². The fourth-order valence-corrected chi connectivity index (χ4v) is 5.00. The van der Waals surface area contributed by atoms with Gasteiger partial charge < -0.3 is 10.1 Å². The maximum Gasteiger partial charge on any atom is 0.243 e. The van der Waals surface area contributed by atoms with Crippen LogP contribution in [0.25, 0.3) is 0 Å². The molecular formula is C18H29N3O4S. The third kappa shape index (κ3) is 5.03. The van der Waals surface area contributed by atoms with Gasteiger partial charge in [-0.2, -0.15) is 4.31 Å². The molecule has 1 amide bonds. The molecule has 1 aliphatic heterocycles. The molecule has 1 aromatic rings. The van der Waals surface area contributed by atoms with Gasteiger partial charge in [0.25, 0.3) is 0 Å². The maximum absolute atomic E-state index is 13.0. The molecule has 2 unspecified atom stereocenters. The van der Waals surface area contributed by atoms with E-state index in [1.165, 1.54) is 6.92 Å². The summed E-state index contributed by atoms with van der Waals surface area (Å²) in [5.41, 5.74) is 0.584. The Bertz CT molecular complexity index is 694. The first-order valence-corrected chi connectivity index (χ1v) is 10.3. The van der Waals surface area contributed by atoms with Crippen molar-refractivity contribution in [1.29, 1.82) is 0 Å². The molecule has 7 nitrogen and oxygen atoms in total. The highest BCUT2D eigenvalue weighted by Crippen LogP contribution is 2.24. The van der Waals surface area contributed by atoms with E-state index in [4.69, 9.17) is 4.74 Å². The number of rotatable bonds is 7. The SMILES string of the molecule is COCCCN1C(C)CN(S(=O)(=O)c2ccc(NC(C)=O)cc2)CC1C. The molecule has 0 saturated carbocycles. The number of ether oxygens (including phenoxy) is 1. The molecule has 0 aliphatic carbocycles. The summed E-state index contributed by atoms with van der Waals surface area (Å²) in [7, 11) is -1.86. The number of nitrogens with one attached hydrogen (secondary N) is 1. The molecule has 0 spiro atoms. The quantitative estimate of drug-likeness (QED) is 0.726. The van der Waals surface area contributed by atoms with Crippen molar-refractivity contribution < 1.29 is 17.9 Å². The number of carbonyl (C=O) groups is 1. The highest BCUT2D eigenvalue weighted by Gasteiger charge is 2.35. The number of hydrogen-bond donors (Lipinski definition) is 1. The predicted molar refractivity (Wildman–Crippen MR) is 102 cm³/mol. The van der Waals surface area contributed by atoms with Crippen LogP contribution in [0.15, 0.2) is 29.2 Å². The maximum atomic E-state index is 13.0. The third-order valence-corrected chi connectivity index (χ3v) is 6.49. The minimum absolute atomic E-state index is 0.143. The molecule has 0 bridgehead atoms. The molecular weight excluding hydrogens is 354 g/mol. The lowest BCUT2D eigenvalue weighted by molar-refractivity contribution is -0.114. The summed E-state index contributed by atoms with van der Waals surface area (Å²) in [6.07, 6.45) is 0.933. The van der Waals surface area contributed by atoms with Crippen molar-refractivity contribution in [3.63, 3.8) is 0 Å². The smallest absolute Gasteiger partial charge is 0.243 e. The molecule has 146 valence electrons. The average molecular weight is 384 g/mol. The second-order valence-corrected chi connectivity index (χ2v) is 8.75. The number of piperazine rings is 1. The van der Waals surface area contributed by atoms with Crippen molar-refractivity contribution in [1.82, 2.24) is 9.21 Å². The Morgan fingerprint density at radius 3 is 2.27 bits per heavy atom. The third-order valence-electron chi connectivity index (χ3n) is 4.65. The van der Waals surface area contributed by atoms with E-state index in [-0.39, 0.29) is 22.9 Å². The fraction of sp³-hybridized carbons (Fsp3) is 0.611. The summed E-state index contributed by atoms with van der Waals surface area (Å²) in [4.78, 5) is 13.7. The summed E-state index contributed by atoms with van der Waals surface area (Å²) in [6, 6.07) is 6.60. The minimum Gasteiger partial charge on any atom is -0.385 e. The van der Waals surface area contributed by atoms with E-state index in [9.17, 15) is 13.2 Å². The van der Waals surface area contributed by atoms with E-state index < -0.39 is 10.0 Å². The van der Waals surface area contributed by atoms with Crippen LogP contribution >= 0.6 is 0 Å². The standard InChI is InChI=1S/C18H29N3O4S/c1-14-12-20(13-15(2)21(14)10-5-11-25-4)26(23,24)18-8-6-17(7-9-18)19-16(3)22/h6-9,14-15H,5,10-13H2,1-4H3,(H,19,22). The van der Waals surface area contributed by atoms with Crippen LogP contribution in [-0.2, 0) is 19.6 Å². The minimum atomic E-state index is -3.55. The lowest BCUT2D eigenvalue weighted by atomic mass is 10.1. The zero-order valence-electron chi connectivity index (χ0n) is 15.9.